The molecule has 9 aromatic rings. The van der Waals surface area contributed by atoms with Gasteiger partial charge in [0.1, 0.15) is 51.7 Å². The molecule has 0 saturated carbocycles. The highest BCUT2D eigenvalue weighted by Crippen LogP contribution is 2.64. The summed E-state index contributed by atoms with van der Waals surface area (Å²) >= 11 is 130. The first-order valence-electron chi connectivity index (χ1n) is 36.3. The fourth-order valence-corrected chi connectivity index (χ4v) is 19.9. The largest absolute Gasteiger partial charge is 0.490 e. The summed E-state index contributed by atoms with van der Waals surface area (Å²) in [4.78, 5) is -17.2. The Kier molecular flexibility index (Phi) is 41.9. The normalized spacial score (nSPS) is 14.4. The summed E-state index contributed by atoms with van der Waals surface area (Å²) in [6, 6.07) is 61.8. The van der Waals surface area contributed by atoms with Gasteiger partial charge in [-0.05, 0) is 474 Å². The third-order valence-corrected chi connectivity index (χ3v) is 43.7. The highest BCUT2D eigenvalue weighted by atomic mass is 35.9. The third-order valence-electron chi connectivity index (χ3n) is 16.3. The maximum Gasteiger partial charge on any atom is 0.490 e. The maximum absolute atomic E-state index is 6.63. The average Bonchev–Trinajstić information content (AvgIpc) is 0.819. The van der Waals surface area contributed by atoms with Gasteiger partial charge in [-0.25, -0.2) is 43.0 Å². The Hall–Kier alpha value is -3.61. The van der Waals surface area contributed by atoms with Gasteiger partial charge >= 0.3 is 26.6 Å². The predicted octanol–water partition coefficient (Wildman–Crippen LogP) is 28.2. The van der Waals surface area contributed by atoms with E-state index in [1.54, 1.807) is 338 Å². The van der Waals surface area contributed by atoms with E-state index in [0.717, 1.165) is 0 Å². The number of benzene rings is 9. The molecule has 698 valence electrons. The lowest BCUT2D eigenvalue weighted by Gasteiger charge is -2.29. The molecule has 9 aromatic carbocycles. The summed E-state index contributed by atoms with van der Waals surface area (Å²) in [6.45, 7) is -14.8. The van der Waals surface area contributed by atoms with E-state index in [9.17, 15) is 0 Å². The summed E-state index contributed by atoms with van der Waals surface area (Å²) in [6.07, 6.45) is 14.0. The first-order valence-corrected chi connectivity index (χ1v) is 74.0. The van der Waals surface area contributed by atoms with Crippen molar-refractivity contribution in [2.75, 3.05) is 63.4 Å². The zero-order valence-electron chi connectivity index (χ0n) is 68.8. The molecule has 0 fully saturated rings. The topological polar surface area (TPSA) is 223 Å². The van der Waals surface area contributed by atoms with Crippen LogP contribution in [0.1, 0.15) is 50.1 Å². The molecular formula is C72H72Cl12N18O9P10S10. The lowest BCUT2D eigenvalue weighted by molar-refractivity contribution is 0.383. The summed E-state index contributed by atoms with van der Waals surface area (Å²) < 4.78 is 71.4. The van der Waals surface area contributed by atoms with Crippen LogP contribution in [0.15, 0.2) is 264 Å². The summed E-state index contributed by atoms with van der Waals surface area (Å²) in [7, 11) is 14.4. The highest BCUT2D eigenvalue weighted by Gasteiger charge is 2.34. The molecule has 0 atom stereocenters. The van der Waals surface area contributed by atoms with Crippen molar-refractivity contribution >= 4 is 365 Å². The first-order chi connectivity index (χ1) is 61.2. The van der Waals surface area contributed by atoms with Gasteiger partial charge in [0.15, 0.2) is 0 Å². The van der Waals surface area contributed by atoms with Crippen LogP contribution in [0, 0.1) is 0 Å². The van der Waals surface area contributed by atoms with Gasteiger partial charge in [0, 0.05) is 111 Å². The Bertz CT molecular complexity index is 5420. The number of hydrazone groups is 9. The van der Waals surface area contributed by atoms with E-state index in [1.165, 1.54) is 43.0 Å². The van der Waals surface area contributed by atoms with Crippen LogP contribution in [0.4, 0.5) is 0 Å². The molecule has 0 amide bonds. The Morgan fingerprint density at radius 3 is 0.382 bits per heavy atom. The van der Waals surface area contributed by atoms with Crippen molar-refractivity contribution in [2.24, 2.45) is 45.9 Å². The van der Waals surface area contributed by atoms with Crippen molar-refractivity contribution in [1.82, 2.24) is 43.0 Å². The van der Waals surface area contributed by atoms with Gasteiger partial charge in [-0.15, -0.1) is 0 Å². The number of nitrogens with zero attached hydrogens (tertiary/aromatic N) is 18. The van der Waals surface area contributed by atoms with Crippen LogP contribution in [0.5, 0.6) is 51.7 Å². The van der Waals surface area contributed by atoms with Crippen LogP contribution in [0.2, 0.25) is 0 Å². The van der Waals surface area contributed by atoms with Crippen molar-refractivity contribution in [2.45, 2.75) is 0 Å². The zero-order valence-corrected chi connectivity index (χ0v) is 95.0. The quantitative estimate of drug-likeness (QED) is 0.0196. The van der Waals surface area contributed by atoms with Crippen LogP contribution < -0.4 is 40.7 Å². The monoisotopic (exact) mass is 2380 g/mol. The second-order valence-corrected chi connectivity index (χ2v) is 84.7. The lowest BCUT2D eigenvalue weighted by Crippen LogP contribution is -2.17. The molecule has 0 heterocycles. The van der Waals surface area contributed by atoms with Crippen molar-refractivity contribution in [1.29, 1.82) is 0 Å². The summed E-state index contributed by atoms with van der Waals surface area (Å²) in [5.74, 6) is 2.88. The van der Waals surface area contributed by atoms with Gasteiger partial charge in [0.2, 0.25) is 29.4 Å². The molecule has 59 heteroatoms. The Labute approximate surface area is 868 Å². The fourth-order valence-electron chi connectivity index (χ4n) is 9.09. The second-order valence-electron chi connectivity index (χ2n) is 26.0. The van der Waals surface area contributed by atoms with E-state index >= 15 is 0 Å². The standard InChI is InChI=1S/C72H72Cl12N18O9P10S10/c1-94(112(73,74)122)85-46-55-10-28-64(29-11-55)103-118(128,104-65-30-12-56(13-31-65)47-86-95(2)113(75,76)123)100(7)91-52-61-22-40-70(41-23-61)109-121(131,110-71-42-24-62(25-43-71)53-92-101(8)119(129,105-66-32-14-57(15-33-66)48-87-96(3)114(77,78)124)106-67-34-16-58(17-35-67)49-88-97(4)115(79,80)125)111-72-44-26-63(27-45-72)54-93-102(9)120(130,107-68-36-18-59(19-37-68)50-89-98(5)116(81,82)126)108-69-38-20-60(21-39-69)51-90-99(6)117(83,84)127/h10-54H,1-9H3. The van der Waals surface area contributed by atoms with E-state index < -0.39 is 56.0 Å². The van der Waals surface area contributed by atoms with E-state index in [-0.39, 0.29) is 17.2 Å². The SMILES string of the molecule is CN(N=Cc1ccc(OP(=S)(Oc2ccc(C=NN(C)P(=S)(Cl)Cl)cc2)N(C)N=Cc2ccc(OP(=S)(Oc3ccc(C=NN(C)P(=S)(Oc4ccc(C=NN(C)P(=S)(Cl)Cl)cc4)Oc4ccc(C=NN(C)P(=S)(Cl)Cl)cc4)cc3)Oc3ccc(C=NN(C)P(=S)(Oc4ccc(C=NN(C)P(=S)(Cl)Cl)cc4)Oc4ccc(C=NN(C)P(=S)(Cl)Cl)cc4)cc3)cc2)cc1)P(=S)(Cl)Cl. The van der Waals surface area contributed by atoms with E-state index in [0.29, 0.717) is 84.6 Å². The molecule has 0 aliphatic carbocycles. The van der Waals surface area contributed by atoms with Crippen molar-refractivity contribution < 1.29 is 40.7 Å². The van der Waals surface area contributed by atoms with Crippen LogP contribution in [-0.4, -0.2) is 162 Å². The molecule has 9 rings (SSSR count). The highest BCUT2D eigenvalue weighted by molar-refractivity contribution is 8.40. The minimum atomic E-state index is -3.96. The Morgan fingerprint density at radius 1 is 0.176 bits per heavy atom. The predicted molar refractivity (Wildman–Crippen MR) is 595 cm³/mol. The molecule has 0 saturated heterocycles. The smallest absolute Gasteiger partial charge is 0.420 e. The van der Waals surface area contributed by atoms with Crippen molar-refractivity contribution in [3.05, 3.63) is 268 Å². The van der Waals surface area contributed by atoms with Gasteiger partial charge < -0.3 is 40.7 Å². The van der Waals surface area contributed by atoms with Gasteiger partial charge in [-0.3, -0.25) is 0 Å². The molecule has 0 unspecified atom stereocenters. The van der Waals surface area contributed by atoms with Gasteiger partial charge in [0.05, 0.1) is 55.9 Å². The maximum atomic E-state index is 6.63. The molecule has 0 bridgehead atoms. The van der Waals surface area contributed by atoms with E-state index in [4.69, 9.17) is 309 Å². The number of hydrogen-bond donors (Lipinski definition) is 0. The minimum Gasteiger partial charge on any atom is -0.420 e. The Balaban J connectivity index is 1.00. The molecule has 27 nitrogen and oxygen atoms in total. The number of rotatable bonds is 45. The molecule has 0 aliphatic heterocycles. The fraction of sp³-hybridized carbons (Fsp3) is 0.125. The second kappa shape index (κ2) is 49.5. The molecule has 0 radical (unpaired) electrons. The molecule has 0 aliphatic rings. The first kappa shape index (κ1) is 111. The van der Waals surface area contributed by atoms with Crippen molar-refractivity contribution in [3.8, 4) is 51.7 Å². The average molecular weight is 2390 g/mol. The van der Waals surface area contributed by atoms with Gasteiger partial charge in [-0.2, -0.15) is 45.9 Å². The van der Waals surface area contributed by atoms with Crippen molar-refractivity contribution in [3.63, 3.8) is 0 Å². The molecule has 0 N–H and O–H groups in total. The lowest BCUT2D eigenvalue weighted by atomic mass is 10.2. The summed E-state index contributed by atoms with van der Waals surface area (Å²) in [5, 5.41) is 40.0. The molecule has 0 aromatic heterocycles. The van der Waals surface area contributed by atoms with Gasteiger partial charge in [0.25, 0.3) is 0 Å². The van der Waals surface area contributed by atoms with E-state index in [2.05, 4.69) is 30.6 Å². The third kappa shape index (κ3) is 36.8. The molecule has 0 spiro atoms. The van der Waals surface area contributed by atoms with E-state index in [1.807, 2.05) is 0 Å². The molecular weight excluding hydrogens is 2320 g/mol. The number of halogens is 12. The zero-order chi connectivity index (χ0) is 96.1. The Morgan fingerprint density at radius 2 is 0.275 bits per heavy atom. The summed E-state index contributed by atoms with van der Waals surface area (Å²) in [5.41, 5.74) is 5.84. The molecule has 131 heavy (non-hydrogen) atoms. The van der Waals surface area contributed by atoms with Crippen LogP contribution in [-0.2, 0) is 118 Å². The van der Waals surface area contributed by atoms with Gasteiger partial charge in [-0.1, -0.05) is 0 Å². The van der Waals surface area contributed by atoms with Crippen LogP contribution >= 0.6 is 191 Å². The van der Waals surface area contributed by atoms with Crippen LogP contribution in [0.25, 0.3) is 0 Å². The van der Waals surface area contributed by atoms with Crippen LogP contribution in [0.3, 0.4) is 0 Å². The minimum absolute atomic E-state index is 0.252. The number of hydrogen-bond acceptors (Lipinski definition) is 28.